The van der Waals surface area contributed by atoms with Gasteiger partial charge in [-0.05, 0) is 43.3 Å². The lowest BCUT2D eigenvalue weighted by atomic mass is 10.0. The van der Waals surface area contributed by atoms with Crippen molar-refractivity contribution in [1.82, 2.24) is 15.2 Å². The minimum Gasteiger partial charge on any atom is -0.493 e. The molecular formula is C25H31N3O3S. The second-order valence-corrected chi connectivity index (χ2v) is 8.13. The van der Waals surface area contributed by atoms with E-state index in [0.29, 0.717) is 30.2 Å². The number of likely N-dealkylation sites (N-methyl/N-ethyl adjacent to an activating group) is 1. The van der Waals surface area contributed by atoms with Crippen molar-refractivity contribution in [2.75, 3.05) is 26.7 Å². The van der Waals surface area contributed by atoms with Crippen LogP contribution in [0.4, 0.5) is 0 Å². The van der Waals surface area contributed by atoms with Crippen LogP contribution in [0.5, 0.6) is 11.5 Å². The lowest BCUT2D eigenvalue weighted by Gasteiger charge is -2.30. The van der Waals surface area contributed by atoms with Gasteiger partial charge in [-0.25, -0.2) is 4.98 Å². The van der Waals surface area contributed by atoms with Crippen molar-refractivity contribution in [2.45, 2.75) is 32.9 Å². The average molecular weight is 454 g/mol. The van der Waals surface area contributed by atoms with Crippen LogP contribution >= 0.6 is 11.3 Å². The maximum absolute atomic E-state index is 12.9. The molecule has 0 saturated heterocycles. The Morgan fingerprint density at radius 1 is 1.12 bits per heavy atom. The molecular weight excluding hydrogens is 422 g/mol. The lowest BCUT2D eigenvalue weighted by Crippen LogP contribution is -2.45. The number of ether oxygens (including phenoxy) is 2. The summed E-state index contributed by atoms with van der Waals surface area (Å²) in [7, 11) is 1.57. The molecule has 0 radical (unpaired) electrons. The molecule has 0 spiro atoms. The first kappa shape index (κ1) is 23.8. The molecule has 0 aliphatic rings. The largest absolute Gasteiger partial charge is 0.493 e. The fraction of sp³-hybridized carbons (Fsp3) is 0.360. The third-order valence-electron chi connectivity index (χ3n) is 5.43. The number of methoxy groups -OCH3 is 1. The Hall–Kier alpha value is -2.90. The zero-order valence-electron chi connectivity index (χ0n) is 18.9. The molecule has 1 atom stereocenters. The first-order valence-electron chi connectivity index (χ1n) is 10.9. The van der Waals surface area contributed by atoms with E-state index in [1.807, 2.05) is 11.4 Å². The van der Waals surface area contributed by atoms with E-state index in [0.717, 1.165) is 25.2 Å². The first-order chi connectivity index (χ1) is 15.6. The zero-order chi connectivity index (χ0) is 22.8. The normalized spacial score (nSPS) is 11.9. The lowest BCUT2D eigenvalue weighted by molar-refractivity contribution is 0.0934. The van der Waals surface area contributed by atoms with Crippen molar-refractivity contribution in [2.24, 2.45) is 0 Å². The van der Waals surface area contributed by atoms with Gasteiger partial charge in [-0.1, -0.05) is 44.2 Å². The van der Waals surface area contributed by atoms with Gasteiger partial charge in [-0.3, -0.25) is 9.69 Å². The predicted octanol–water partition coefficient (Wildman–Crippen LogP) is 4.41. The number of nitrogens with zero attached hydrogens (tertiary/aromatic N) is 2. The highest BCUT2D eigenvalue weighted by Crippen LogP contribution is 2.29. The van der Waals surface area contributed by atoms with Gasteiger partial charge >= 0.3 is 0 Å². The van der Waals surface area contributed by atoms with E-state index in [2.05, 4.69) is 53.3 Å². The standard InChI is InChI=1S/C25H31N3O3S/c1-4-28(5-2)22(13-19-9-7-6-8-10-19)15-26-25(29)20-11-12-23(24(14-20)30-3)31-16-21-17-32-18-27-21/h6-12,14,17-18,22H,4-5,13,15-16H2,1-3H3,(H,26,29). The topological polar surface area (TPSA) is 63.7 Å². The van der Waals surface area contributed by atoms with Crippen LogP contribution in [0.25, 0.3) is 0 Å². The summed E-state index contributed by atoms with van der Waals surface area (Å²) in [5.41, 5.74) is 4.44. The van der Waals surface area contributed by atoms with Gasteiger partial charge in [0.1, 0.15) is 6.61 Å². The van der Waals surface area contributed by atoms with Gasteiger partial charge in [-0.2, -0.15) is 0 Å². The van der Waals surface area contributed by atoms with Gasteiger partial charge in [0, 0.05) is 23.5 Å². The molecule has 3 aromatic rings. The second kappa shape index (κ2) is 12.2. The van der Waals surface area contributed by atoms with Gasteiger partial charge in [0.15, 0.2) is 11.5 Å². The molecule has 7 heteroatoms. The number of carbonyl (C=O) groups excluding carboxylic acids is 1. The summed E-state index contributed by atoms with van der Waals surface area (Å²) < 4.78 is 11.3. The van der Waals surface area contributed by atoms with Crippen LogP contribution in [0, 0.1) is 0 Å². The molecule has 32 heavy (non-hydrogen) atoms. The number of benzene rings is 2. The molecule has 0 saturated carbocycles. The van der Waals surface area contributed by atoms with E-state index in [1.54, 1.807) is 30.8 Å². The van der Waals surface area contributed by atoms with Gasteiger partial charge in [0.05, 0.1) is 18.3 Å². The molecule has 3 rings (SSSR count). The highest BCUT2D eigenvalue weighted by molar-refractivity contribution is 7.07. The van der Waals surface area contributed by atoms with Crippen LogP contribution in [-0.4, -0.2) is 48.6 Å². The molecule has 0 bridgehead atoms. The molecule has 1 unspecified atom stereocenters. The Morgan fingerprint density at radius 2 is 1.91 bits per heavy atom. The molecule has 1 aromatic heterocycles. The SMILES string of the molecule is CCN(CC)C(CNC(=O)c1ccc(OCc2cscn2)c(OC)c1)Cc1ccccc1. The van der Waals surface area contributed by atoms with E-state index >= 15 is 0 Å². The third-order valence-corrected chi connectivity index (χ3v) is 6.06. The molecule has 170 valence electrons. The predicted molar refractivity (Wildman–Crippen MR) is 129 cm³/mol. The molecule has 2 aromatic carbocycles. The zero-order valence-corrected chi connectivity index (χ0v) is 19.7. The van der Waals surface area contributed by atoms with E-state index in [1.165, 1.54) is 16.9 Å². The number of amides is 1. The van der Waals surface area contributed by atoms with Crippen molar-refractivity contribution in [3.63, 3.8) is 0 Å². The molecule has 0 aliphatic carbocycles. The Bertz CT molecular complexity index is 960. The number of hydrogen-bond donors (Lipinski definition) is 1. The molecule has 0 aliphatic heterocycles. The number of carbonyl (C=O) groups is 1. The van der Waals surface area contributed by atoms with E-state index in [9.17, 15) is 4.79 Å². The van der Waals surface area contributed by atoms with E-state index in [-0.39, 0.29) is 11.9 Å². The number of nitrogens with one attached hydrogen (secondary N) is 1. The summed E-state index contributed by atoms with van der Waals surface area (Å²) in [6.45, 7) is 7.10. The third kappa shape index (κ3) is 6.55. The summed E-state index contributed by atoms with van der Waals surface area (Å²) in [5.74, 6) is 0.985. The van der Waals surface area contributed by atoms with Gasteiger partial charge in [0.25, 0.3) is 5.91 Å². The van der Waals surface area contributed by atoms with Gasteiger partial charge < -0.3 is 14.8 Å². The Balaban J connectivity index is 1.64. The van der Waals surface area contributed by atoms with Crippen molar-refractivity contribution in [1.29, 1.82) is 0 Å². The molecule has 1 amide bonds. The second-order valence-electron chi connectivity index (χ2n) is 7.41. The Labute approximate surface area is 194 Å². The average Bonchev–Trinajstić information content (AvgIpc) is 3.36. The number of aromatic nitrogens is 1. The van der Waals surface area contributed by atoms with Crippen LogP contribution < -0.4 is 14.8 Å². The maximum Gasteiger partial charge on any atom is 0.251 e. The molecule has 6 nitrogen and oxygen atoms in total. The minimum absolute atomic E-state index is 0.125. The van der Waals surface area contributed by atoms with Crippen molar-refractivity contribution in [3.05, 3.63) is 76.2 Å². The highest BCUT2D eigenvalue weighted by Gasteiger charge is 2.18. The summed E-state index contributed by atoms with van der Waals surface area (Å²) >= 11 is 1.53. The van der Waals surface area contributed by atoms with Crippen LogP contribution in [0.3, 0.4) is 0 Å². The van der Waals surface area contributed by atoms with Gasteiger partial charge in [0.2, 0.25) is 0 Å². The number of rotatable bonds is 12. The maximum atomic E-state index is 12.9. The minimum atomic E-state index is -0.125. The van der Waals surface area contributed by atoms with Crippen LogP contribution in [0.1, 0.15) is 35.5 Å². The molecule has 0 fully saturated rings. The van der Waals surface area contributed by atoms with Crippen molar-refractivity contribution in [3.8, 4) is 11.5 Å². The number of thiazole rings is 1. The van der Waals surface area contributed by atoms with Crippen molar-refractivity contribution < 1.29 is 14.3 Å². The summed E-state index contributed by atoms with van der Waals surface area (Å²) in [4.78, 5) is 19.5. The quantitative estimate of drug-likeness (QED) is 0.440. The van der Waals surface area contributed by atoms with Crippen LogP contribution in [0.15, 0.2) is 59.4 Å². The first-order valence-corrected chi connectivity index (χ1v) is 11.8. The smallest absolute Gasteiger partial charge is 0.251 e. The van der Waals surface area contributed by atoms with Crippen LogP contribution in [-0.2, 0) is 13.0 Å². The monoisotopic (exact) mass is 453 g/mol. The van der Waals surface area contributed by atoms with Crippen LogP contribution in [0.2, 0.25) is 0 Å². The molecule has 1 heterocycles. The van der Waals surface area contributed by atoms with E-state index < -0.39 is 0 Å². The number of hydrogen-bond acceptors (Lipinski definition) is 6. The van der Waals surface area contributed by atoms with Crippen molar-refractivity contribution >= 4 is 17.2 Å². The highest BCUT2D eigenvalue weighted by atomic mass is 32.1. The molecule has 1 N–H and O–H groups in total. The van der Waals surface area contributed by atoms with Gasteiger partial charge in [-0.15, -0.1) is 11.3 Å². The fourth-order valence-corrected chi connectivity index (χ4v) is 4.20. The fourth-order valence-electron chi connectivity index (χ4n) is 3.66. The Morgan fingerprint density at radius 3 is 2.56 bits per heavy atom. The van der Waals surface area contributed by atoms with E-state index in [4.69, 9.17) is 9.47 Å². The summed E-state index contributed by atoms with van der Waals surface area (Å²) in [6, 6.07) is 15.9. The summed E-state index contributed by atoms with van der Waals surface area (Å²) in [5, 5.41) is 5.05. The summed E-state index contributed by atoms with van der Waals surface area (Å²) in [6.07, 6.45) is 0.884. The Kier molecular flexibility index (Phi) is 9.07.